The van der Waals surface area contributed by atoms with E-state index in [1.54, 1.807) is 0 Å². The Labute approximate surface area is 267 Å². The quantitative estimate of drug-likeness (QED) is 0.176. The van der Waals surface area contributed by atoms with Gasteiger partial charge in [0.25, 0.3) is 0 Å². The number of fused-ring (bicyclic) bond motifs is 1. The summed E-state index contributed by atoms with van der Waals surface area (Å²) in [5.41, 5.74) is -2.54. The summed E-state index contributed by atoms with van der Waals surface area (Å²) >= 11 is 0. The SMILES string of the molecule is COc1ccc(-c2ccc(CN3Cc4nc(-c5cccc(F)c5F)[nH]c4C=N3)c(-c3ccc(OC)cc3C(F)(F)F)n2)c(C(F)(F)F)c1. The van der Waals surface area contributed by atoms with Gasteiger partial charge in [0, 0.05) is 11.1 Å². The summed E-state index contributed by atoms with van der Waals surface area (Å²) in [6.07, 6.45) is -8.35. The first-order valence-electron chi connectivity index (χ1n) is 14.1. The van der Waals surface area contributed by atoms with Crippen LogP contribution in [0.3, 0.4) is 0 Å². The lowest BCUT2D eigenvalue weighted by atomic mass is 9.96. The monoisotopic (exact) mass is 673 g/mol. The van der Waals surface area contributed by atoms with Gasteiger partial charge >= 0.3 is 12.4 Å². The highest BCUT2D eigenvalue weighted by Crippen LogP contribution is 2.43. The van der Waals surface area contributed by atoms with Crippen molar-refractivity contribution in [3.8, 4) is 45.4 Å². The molecule has 0 aliphatic carbocycles. The predicted molar refractivity (Wildman–Crippen MR) is 159 cm³/mol. The van der Waals surface area contributed by atoms with E-state index in [9.17, 15) is 35.1 Å². The first-order chi connectivity index (χ1) is 22.8. The van der Waals surface area contributed by atoms with E-state index in [0.29, 0.717) is 11.4 Å². The van der Waals surface area contributed by atoms with Crippen molar-refractivity contribution in [2.45, 2.75) is 25.4 Å². The lowest BCUT2D eigenvalue weighted by Crippen LogP contribution is -2.22. The molecular formula is C33H23F8N5O2. The summed E-state index contributed by atoms with van der Waals surface area (Å²) in [7, 11) is 2.41. The lowest BCUT2D eigenvalue weighted by Gasteiger charge is -2.24. The summed E-state index contributed by atoms with van der Waals surface area (Å²) in [5, 5.41) is 5.77. The van der Waals surface area contributed by atoms with Crippen molar-refractivity contribution in [1.82, 2.24) is 20.0 Å². The Bertz CT molecular complexity index is 2040. The minimum Gasteiger partial charge on any atom is -0.497 e. The Morgan fingerprint density at radius 1 is 0.771 bits per heavy atom. The molecule has 3 heterocycles. The van der Waals surface area contributed by atoms with Crippen molar-refractivity contribution >= 4 is 6.21 Å². The van der Waals surface area contributed by atoms with Crippen molar-refractivity contribution in [3.63, 3.8) is 0 Å². The van der Waals surface area contributed by atoms with Crippen LogP contribution in [-0.2, 0) is 25.4 Å². The fourth-order valence-corrected chi connectivity index (χ4v) is 5.31. The zero-order valence-corrected chi connectivity index (χ0v) is 25.0. The number of benzene rings is 3. The molecule has 0 radical (unpaired) electrons. The molecule has 3 aromatic carbocycles. The van der Waals surface area contributed by atoms with Gasteiger partial charge in [-0.2, -0.15) is 31.4 Å². The number of aromatic amines is 1. The third-order valence-corrected chi connectivity index (χ3v) is 7.63. The van der Waals surface area contributed by atoms with Gasteiger partial charge in [-0.1, -0.05) is 12.1 Å². The molecule has 0 spiro atoms. The molecule has 1 aliphatic rings. The second kappa shape index (κ2) is 12.3. The van der Waals surface area contributed by atoms with E-state index in [0.717, 1.165) is 30.3 Å². The molecular weight excluding hydrogens is 650 g/mol. The number of pyridine rings is 1. The van der Waals surface area contributed by atoms with Crippen LogP contribution in [0.25, 0.3) is 33.9 Å². The molecule has 7 nitrogen and oxygen atoms in total. The minimum atomic E-state index is -4.88. The first-order valence-corrected chi connectivity index (χ1v) is 14.1. The molecule has 5 aromatic rings. The molecule has 48 heavy (non-hydrogen) atoms. The number of nitrogens with one attached hydrogen (secondary N) is 1. The number of hydrazone groups is 1. The van der Waals surface area contributed by atoms with Gasteiger partial charge < -0.3 is 14.5 Å². The van der Waals surface area contributed by atoms with E-state index in [-0.39, 0.29) is 58.5 Å². The zero-order chi connectivity index (χ0) is 34.4. The van der Waals surface area contributed by atoms with E-state index in [4.69, 9.17) is 9.47 Å². The van der Waals surface area contributed by atoms with Crippen LogP contribution in [0.1, 0.15) is 28.1 Å². The fraction of sp³-hybridized carbons (Fsp3) is 0.182. The van der Waals surface area contributed by atoms with Crippen LogP contribution in [0.5, 0.6) is 11.5 Å². The third kappa shape index (κ3) is 6.27. The first kappa shape index (κ1) is 32.5. The molecule has 0 unspecified atom stereocenters. The maximum Gasteiger partial charge on any atom is 0.417 e. The van der Waals surface area contributed by atoms with E-state index in [2.05, 4.69) is 20.1 Å². The highest BCUT2D eigenvalue weighted by atomic mass is 19.4. The van der Waals surface area contributed by atoms with Crippen LogP contribution in [0.2, 0.25) is 0 Å². The summed E-state index contributed by atoms with van der Waals surface area (Å²) < 4.78 is 124. The van der Waals surface area contributed by atoms with Crippen molar-refractivity contribution in [2.75, 3.05) is 14.2 Å². The van der Waals surface area contributed by atoms with Crippen molar-refractivity contribution in [1.29, 1.82) is 0 Å². The summed E-state index contributed by atoms with van der Waals surface area (Å²) in [4.78, 5) is 11.6. The van der Waals surface area contributed by atoms with E-state index >= 15 is 0 Å². The van der Waals surface area contributed by atoms with Gasteiger partial charge in [-0.3, -0.25) is 5.01 Å². The van der Waals surface area contributed by atoms with Gasteiger partial charge in [0.1, 0.15) is 17.3 Å². The summed E-state index contributed by atoms with van der Waals surface area (Å²) in [5.74, 6) is -2.27. The highest BCUT2D eigenvalue weighted by molar-refractivity contribution is 5.81. The molecule has 1 N–H and O–H groups in total. The van der Waals surface area contributed by atoms with Gasteiger partial charge in [-0.15, -0.1) is 0 Å². The number of H-pyrrole nitrogens is 1. The van der Waals surface area contributed by atoms with Crippen LogP contribution in [-0.4, -0.2) is 40.4 Å². The Hall–Kier alpha value is -5.47. The number of rotatable bonds is 7. The average molecular weight is 674 g/mol. The van der Waals surface area contributed by atoms with Crippen LogP contribution in [0.4, 0.5) is 35.1 Å². The number of methoxy groups -OCH3 is 2. The Morgan fingerprint density at radius 3 is 2.06 bits per heavy atom. The number of hydrogen-bond acceptors (Lipinski definition) is 6. The molecule has 0 bridgehead atoms. The van der Waals surface area contributed by atoms with E-state index in [1.165, 1.54) is 61.8 Å². The Balaban J connectivity index is 1.43. The number of alkyl halides is 6. The minimum absolute atomic E-state index is 0.00585. The zero-order valence-electron chi connectivity index (χ0n) is 25.0. The average Bonchev–Trinajstić information content (AvgIpc) is 3.48. The number of ether oxygens (including phenoxy) is 2. The molecule has 0 saturated heterocycles. The number of hydrogen-bond donors (Lipinski definition) is 1. The van der Waals surface area contributed by atoms with Gasteiger partial charge in [-0.05, 0) is 60.2 Å². The summed E-state index contributed by atoms with van der Waals surface area (Å²) in [6.45, 7) is -0.140. The smallest absolute Gasteiger partial charge is 0.417 e. The van der Waals surface area contributed by atoms with E-state index in [1.807, 2.05) is 0 Å². The molecule has 2 aromatic heterocycles. The normalized spacial score (nSPS) is 13.1. The molecule has 0 amide bonds. The predicted octanol–water partition coefficient (Wildman–Crippen LogP) is 8.49. The van der Waals surface area contributed by atoms with Crippen molar-refractivity contribution in [2.24, 2.45) is 5.10 Å². The van der Waals surface area contributed by atoms with E-state index < -0.39 is 40.7 Å². The molecule has 248 valence electrons. The van der Waals surface area contributed by atoms with Gasteiger partial charge in [0.05, 0.1) is 73.0 Å². The van der Waals surface area contributed by atoms with Gasteiger partial charge in [0.2, 0.25) is 0 Å². The molecule has 1 aliphatic heterocycles. The van der Waals surface area contributed by atoms with Crippen LogP contribution < -0.4 is 9.47 Å². The maximum absolute atomic E-state index is 14.4. The van der Waals surface area contributed by atoms with Crippen molar-refractivity contribution < 1.29 is 44.6 Å². The topological polar surface area (TPSA) is 75.6 Å². The maximum atomic E-state index is 14.4. The molecule has 0 atom stereocenters. The molecule has 6 rings (SSSR count). The Kier molecular flexibility index (Phi) is 8.31. The number of halogens is 8. The molecule has 0 saturated carbocycles. The number of imidazole rings is 1. The van der Waals surface area contributed by atoms with Crippen LogP contribution in [0, 0.1) is 11.6 Å². The largest absolute Gasteiger partial charge is 0.497 e. The fourth-order valence-electron chi connectivity index (χ4n) is 5.31. The second-order valence-electron chi connectivity index (χ2n) is 10.6. The van der Waals surface area contributed by atoms with Gasteiger partial charge in [-0.25, -0.2) is 18.7 Å². The van der Waals surface area contributed by atoms with Crippen LogP contribution >= 0.6 is 0 Å². The second-order valence-corrected chi connectivity index (χ2v) is 10.6. The standard InChI is InChI=1S/C33H23F8N5O2/c1-47-18-7-9-20(23(12-18)32(36,37)38)26-11-6-17(30(43-26)21-10-8-19(48-2)13-24(21)33(39,40)41)15-46-16-28-27(14-42-46)44-31(45-28)22-4-3-5-25(34)29(22)35/h3-14H,15-16H2,1-2H3,(H,44,45). The van der Waals surface area contributed by atoms with Gasteiger partial charge in [0.15, 0.2) is 11.6 Å². The summed E-state index contributed by atoms with van der Waals surface area (Å²) in [6, 6.07) is 12.7. The number of aromatic nitrogens is 3. The van der Waals surface area contributed by atoms with Crippen molar-refractivity contribution in [3.05, 3.63) is 106 Å². The molecule has 15 heteroatoms. The lowest BCUT2D eigenvalue weighted by molar-refractivity contribution is -0.138. The number of nitrogens with zero attached hydrogens (tertiary/aromatic N) is 4. The third-order valence-electron chi connectivity index (χ3n) is 7.63. The van der Waals surface area contributed by atoms with Crippen LogP contribution in [0.15, 0.2) is 71.8 Å². The molecule has 0 fully saturated rings. The highest BCUT2D eigenvalue weighted by Gasteiger charge is 2.37. The Morgan fingerprint density at radius 2 is 1.42 bits per heavy atom.